The molecule has 1 aromatic carbocycles. The molecule has 1 atom stereocenters. The maximum atomic E-state index is 9.11. The summed E-state index contributed by atoms with van der Waals surface area (Å²) in [5.74, 6) is 0.128. The minimum absolute atomic E-state index is 0.0710. The van der Waals surface area contributed by atoms with Gasteiger partial charge in [-0.1, -0.05) is 30.3 Å². The molecular formula is C14H21N3O. The van der Waals surface area contributed by atoms with Crippen LogP contribution in [0.2, 0.25) is 0 Å². The van der Waals surface area contributed by atoms with E-state index in [1.807, 2.05) is 30.3 Å². The minimum Gasteiger partial charge on any atom is -0.395 e. The van der Waals surface area contributed by atoms with Crippen molar-refractivity contribution in [3.05, 3.63) is 35.9 Å². The topological polar surface area (TPSA) is 73.3 Å². The Bertz CT molecular complexity index is 389. The molecule has 0 bridgehead atoms. The molecule has 0 saturated heterocycles. The normalized spacial score (nSPS) is 16.8. The van der Waals surface area contributed by atoms with Crippen LogP contribution in [-0.2, 0) is 0 Å². The Morgan fingerprint density at radius 1 is 1.39 bits per heavy atom. The number of hydrogen-bond donors (Lipinski definition) is 3. The average molecular weight is 247 g/mol. The van der Waals surface area contributed by atoms with Crippen LogP contribution in [0.1, 0.15) is 24.3 Å². The van der Waals surface area contributed by atoms with Crippen LogP contribution in [0.25, 0.3) is 0 Å². The minimum atomic E-state index is -0.0710. The number of nitrogens with zero attached hydrogens (tertiary/aromatic N) is 1. The van der Waals surface area contributed by atoms with Gasteiger partial charge in [0.05, 0.1) is 18.4 Å². The number of hydrogen-bond acceptors (Lipinski definition) is 3. The Kier molecular flexibility index (Phi) is 4.33. The van der Waals surface area contributed by atoms with Gasteiger partial charge >= 0.3 is 0 Å². The van der Waals surface area contributed by atoms with Gasteiger partial charge < -0.3 is 10.8 Å². The summed E-state index contributed by atoms with van der Waals surface area (Å²) in [6.07, 6.45) is 2.39. The quantitative estimate of drug-likeness (QED) is 0.500. The van der Waals surface area contributed by atoms with E-state index in [1.54, 1.807) is 0 Å². The van der Waals surface area contributed by atoms with Gasteiger partial charge in [-0.3, -0.25) is 10.3 Å². The Hall–Kier alpha value is -1.39. The van der Waals surface area contributed by atoms with Crippen molar-refractivity contribution in [2.45, 2.75) is 24.8 Å². The molecular weight excluding hydrogens is 226 g/mol. The molecule has 0 spiro atoms. The Balaban J connectivity index is 2.08. The van der Waals surface area contributed by atoms with E-state index in [1.165, 1.54) is 12.8 Å². The van der Waals surface area contributed by atoms with Crippen molar-refractivity contribution < 1.29 is 5.11 Å². The van der Waals surface area contributed by atoms with Gasteiger partial charge in [0.1, 0.15) is 0 Å². The molecule has 2 rings (SSSR count). The maximum Gasteiger partial charge on any atom is 0.0995 e. The zero-order valence-corrected chi connectivity index (χ0v) is 10.5. The van der Waals surface area contributed by atoms with E-state index >= 15 is 0 Å². The van der Waals surface area contributed by atoms with Gasteiger partial charge in [-0.25, -0.2) is 0 Å². The van der Waals surface area contributed by atoms with Gasteiger partial charge in [0.25, 0.3) is 0 Å². The number of nitrogens with two attached hydrogens (primary N) is 1. The lowest BCUT2D eigenvalue weighted by Crippen LogP contribution is -2.37. The zero-order valence-electron chi connectivity index (χ0n) is 10.5. The number of aliphatic hydroxyl groups excluding tert-OH is 1. The van der Waals surface area contributed by atoms with Crippen molar-refractivity contribution in [3.8, 4) is 0 Å². The maximum absolute atomic E-state index is 9.11. The highest BCUT2D eigenvalue weighted by Gasteiger charge is 2.31. The van der Waals surface area contributed by atoms with Crippen LogP contribution >= 0.6 is 0 Å². The summed E-state index contributed by atoms with van der Waals surface area (Å²) in [6, 6.07) is 10.5. The van der Waals surface area contributed by atoms with E-state index in [-0.39, 0.29) is 18.4 Å². The van der Waals surface area contributed by atoms with Crippen molar-refractivity contribution in [2.24, 2.45) is 5.73 Å². The first-order valence-electron chi connectivity index (χ1n) is 6.46. The number of benzene rings is 1. The van der Waals surface area contributed by atoms with E-state index in [4.69, 9.17) is 16.2 Å². The van der Waals surface area contributed by atoms with Gasteiger partial charge in [-0.15, -0.1) is 0 Å². The molecule has 18 heavy (non-hydrogen) atoms. The molecule has 4 nitrogen and oxygen atoms in total. The largest absolute Gasteiger partial charge is 0.395 e. The molecule has 0 radical (unpaired) electrons. The SMILES string of the molecule is N=C(N)C(CN(CCO)C1CC1)c1ccccc1. The number of nitrogens with one attached hydrogen (secondary N) is 1. The molecule has 1 aromatic rings. The lowest BCUT2D eigenvalue weighted by atomic mass is 9.97. The summed E-state index contributed by atoms with van der Waals surface area (Å²) in [5, 5.41) is 16.9. The van der Waals surface area contributed by atoms with E-state index in [0.717, 1.165) is 12.1 Å². The molecule has 0 amide bonds. The van der Waals surface area contributed by atoms with Crippen LogP contribution in [0.3, 0.4) is 0 Å². The molecule has 1 fully saturated rings. The van der Waals surface area contributed by atoms with Crippen molar-refractivity contribution in [2.75, 3.05) is 19.7 Å². The first kappa shape index (κ1) is 13.1. The Morgan fingerprint density at radius 3 is 2.56 bits per heavy atom. The summed E-state index contributed by atoms with van der Waals surface area (Å²) >= 11 is 0. The molecule has 0 heterocycles. The lowest BCUT2D eigenvalue weighted by molar-refractivity contribution is 0.187. The van der Waals surface area contributed by atoms with Crippen LogP contribution in [0.15, 0.2) is 30.3 Å². The van der Waals surface area contributed by atoms with Crippen molar-refractivity contribution in [3.63, 3.8) is 0 Å². The predicted molar refractivity (Wildman–Crippen MR) is 72.8 cm³/mol. The van der Waals surface area contributed by atoms with E-state index in [2.05, 4.69) is 4.90 Å². The molecule has 4 N–H and O–H groups in total. The number of aliphatic hydroxyl groups is 1. The fourth-order valence-electron chi connectivity index (χ4n) is 2.29. The van der Waals surface area contributed by atoms with Crippen LogP contribution in [0, 0.1) is 5.41 Å². The highest BCUT2D eigenvalue weighted by Crippen LogP contribution is 2.29. The summed E-state index contributed by atoms with van der Waals surface area (Å²) in [4.78, 5) is 2.25. The molecule has 0 aromatic heterocycles. The summed E-state index contributed by atoms with van der Waals surface area (Å²) in [7, 11) is 0. The molecule has 0 aliphatic heterocycles. The highest BCUT2D eigenvalue weighted by atomic mass is 16.3. The smallest absolute Gasteiger partial charge is 0.0995 e. The van der Waals surface area contributed by atoms with E-state index < -0.39 is 0 Å². The van der Waals surface area contributed by atoms with Gasteiger partial charge in [-0.2, -0.15) is 0 Å². The van der Waals surface area contributed by atoms with Gasteiger partial charge in [0.2, 0.25) is 0 Å². The molecule has 4 heteroatoms. The second kappa shape index (κ2) is 5.98. The summed E-state index contributed by atoms with van der Waals surface area (Å²) in [5.41, 5.74) is 6.81. The molecule has 1 saturated carbocycles. The molecule has 98 valence electrons. The third kappa shape index (κ3) is 3.31. The standard InChI is InChI=1S/C14H21N3O/c15-14(16)13(11-4-2-1-3-5-11)10-17(8-9-18)12-6-7-12/h1-5,12-13,18H,6-10H2,(H3,15,16). The third-order valence-electron chi connectivity index (χ3n) is 3.44. The van der Waals surface area contributed by atoms with Crippen LogP contribution in [0.4, 0.5) is 0 Å². The fraction of sp³-hybridized carbons (Fsp3) is 0.500. The first-order valence-corrected chi connectivity index (χ1v) is 6.46. The fourth-order valence-corrected chi connectivity index (χ4v) is 2.29. The van der Waals surface area contributed by atoms with E-state index in [0.29, 0.717) is 12.6 Å². The van der Waals surface area contributed by atoms with Crippen LogP contribution in [-0.4, -0.2) is 41.6 Å². The third-order valence-corrected chi connectivity index (χ3v) is 3.44. The molecule has 1 aliphatic rings. The summed E-state index contributed by atoms with van der Waals surface area (Å²) in [6.45, 7) is 1.56. The Morgan fingerprint density at radius 2 is 2.06 bits per heavy atom. The zero-order chi connectivity index (χ0) is 13.0. The number of amidine groups is 1. The number of rotatable bonds is 7. The summed E-state index contributed by atoms with van der Waals surface area (Å²) < 4.78 is 0. The van der Waals surface area contributed by atoms with E-state index in [9.17, 15) is 0 Å². The van der Waals surface area contributed by atoms with Gasteiger partial charge in [0.15, 0.2) is 0 Å². The van der Waals surface area contributed by atoms with Crippen LogP contribution < -0.4 is 5.73 Å². The average Bonchev–Trinajstić information content (AvgIpc) is 3.19. The van der Waals surface area contributed by atoms with Crippen molar-refractivity contribution in [1.29, 1.82) is 5.41 Å². The molecule has 1 unspecified atom stereocenters. The van der Waals surface area contributed by atoms with Crippen molar-refractivity contribution in [1.82, 2.24) is 4.90 Å². The van der Waals surface area contributed by atoms with Crippen LogP contribution in [0.5, 0.6) is 0 Å². The van der Waals surface area contributed by atoms with Crippen molar-refractivity contribution >= 4 is 5.84 Å². The monoisotopic (exact) mass is 247 g/mol. The first-order chi connectivity index (χ1) is 8.72. The van der Waals surface area contributed by atoms with Gasteiger partial charge in [0, 0.05) is 19.1 Å². The Labute approximate surface area is 108 Å². The second-order valence-corrected chi connectivity index (χ2v) is 4.87. The molecule has 1 aliphatic carbocycles. The lowest BCUT2D eigenvalue weighted by Gasteiger charge is -2.26. The van der Waals surface area contributed by atoms with Gasteiger partial charge in [-0.05, 0) is 18.4 Å². The predicted octanol–water partition coefficient (Wildman–Crippen LogP) is 1.16. The second-order valence-electron chi connectivity index (χ2n) is 4.87. The highest BCUT2D eigenvalue weighted by molar-refractivity contribution is 5.84.